The fraction of sp³-hybridized carbons (Fsp3) is 0.176. The predicted octanol–water partition coefficient (Wildman–Crippen LogP) is 3.02. The molecule has 0 amide bonds. The van der Waals surface area contributed by atoms with Crippen molar-refractivity contribution < 1.29 is 0 Å². The smallest absolute Gasteiger partial charge is 0.145 e. The molecular formula is C17H18N4. The molecule has 0 fully saturated rings. The van der Waals surface area contributed by atoms with Gasteiger partial charge in [-0.15, -0.1) is 0 Å². The van der Waals surface area contributed by atoms with E-state index in [2.05, 4.69) is 57.9 Å². The third-order valence-electron chi connectivity index (χ3n) is 3.50. The zero-order chi connectivity index (χ0) is 14.5. The molecule has 0 spiro atoms. The summed E-state index contributed by atoms with van der Waals surface area (Å²) in [6.07, 6.45) is 2.50. The Morgan fingerprint density at radius 2 is 1.76 bits per heavy atom. The van der Waals surface area contributed by atoms with Gasteiger partial charge in [-0.25, -0.2) is 4.98 Å². The van der Waals surface area contributed by atoms with E-state index in [0.717, 1.165) is 17.9 Å². The van der Waals surface area contributed by atoms with Gasteiger partial charge < -0.3 is 5.32 Å². The topological polar surface area (TPSA) is 42.7 Å². The molecule has 4 nitrogen and oxygen atoms in total. The molecule has 4 heteroatoms. The number of nitrogens with one attached hydrogen (secondary N) is 1. The van der Waals surface area contributed by atoms with Gasteiger partial charge in [-0.2, -0.15) is 5.10 Å². The Labute approximate surface area is 124 Å². The molecular weight excluding hydrogens is 260 g/mol. The first-order valence-corrected chi connectivity index (χ1v) is 7.01. The summed E-state index contributed by atoms with van der Waals surface area (Å²) in [5.74, 6) is 0.921. The van der Waals surface area contributed by atoms with E-state index < -0.39 is 0 Å². The second kappa shape index (κ2) is 6.22. The molecule has 2 aromatic carbocycles. The van der Waals surface area contributed by atoms with Crippen LogP contribution in [0, 0.1) is 0 Å². The molecule has 0 bridgehead atoms. The van der Waals surface area contributed by atoms with Crippen molar-refractivity contribution in [1.29, 1.82) is 0 Å². The van der Waals surface area contributed by atoms with Crippen LogP contribution in [0.2, 0.25) is 0 Å². The number of para-hydroxylation sites is 1. The summed E-state index contributed by atoms with van der Waals surface area (Å²) in [6, 6.07) is 18.9. The zero-order valence-electron chi connectivity index (χ0n) is 12.0. The van der Waals surface area contributed by atoms with Gasteiger partial charge in [-0.1, -0.05) is 48.5 Å². The number of benzene rings is 2. The summed E-state index contributed by atoms with van der Waals surface area (Å²) < 4.78 is 1.78. The number of hydrogen-bond donors (Lipinski definition) is 1. The molecule has 0 atom stereocenters. The van der Waals surface area contributed by atoms with Gasteiger partial charge in [-0.05, 0) is 23.6 Å². The van der Waals surface area contributed by atoms with Crippen LogP contribution in [-0.4, -0.2) is 14.8 Å². The van der Waals surface area contributed by atoms with Crippen molar-refractivity contribution in [1.82, 2.24) is 14.8 Å². The Morgan fingerprint density at radius 1 is 1.00 bits per heavy atom. The van der Waals surface area contributed by atoms with Gasteiger partial charge in [0.05, 0.1) is 6.54 Å². The van der Waals surface area contributed by atoms with Gasteiger partial charge >= 0.3 is 0 Å². The molecule has 21 heavy (non-hydrogen) atoms. The largest absolute Gasteiger partial charge is 0.378 e. The van der Waals surface area contributed by atoms with Gasteiger partial charge in [0.15, 0.2) is 0 Å². The summed E-state index contributed by atoms with van der Waals surface area (Å²) in [7, 11) is 1.90. The summed E-state index contributed by atoms with van der Waals surface area (Å²) in [4.78, 5) is 4.23. The Bertz CT molecular complexity index is 704. The molecule has 1 N–H and O–H groups in total. The molecule has 0 aliphatic rings. The van der Waals surface area contributed by atoms with Gasteiger partial charge in [0, 0.05) is 12.7 Å². The van der Waals surface area contributed by atoms with Crippen LogP contribution in [0.1, 0.15) is 17.0 Å². The minimum atomic E-state index is 0.669. The number of hydrogen-bond acceptors (Lipinski definition) is 3. The van der Waals surface area contributed by atoms with Crippen LogP contribution < -0.4 is 5.32 Å². The highest BCUT2D eigenvalue weighted by atomic mass is 15.3. The SMILES string of the molecule is Cn1ncnc1CNc1ccccc1Cc1ccccc1. The van der Waals surface area contributed by atoms with Crippen molar-refractivity contribution >= 4 is 5.69 Å². The molecule has 0 unspecified atom stereocenters. The van der Waals surface area contributed by atoms with E-state index in [1.54, 1.807) is 11.0 Å². The minimum Gasteiger partial charge on any atom is -0.378 e. The van der Waals surface area contributed by atoms with Crippen molar-refractivity contribution in [3.8, 4) is 0 Å². The van der Waals surface area contributed by atoms with Crippen molar-refractivity contribution in [3.05, 3.63) is 77.9 Å². The molecule has 0 aliphatic carbocycles. The first-order valence-electron chi connectivity index (χ1n) is 7.01. The van der Waals surface area contributed by atoms with Crippen LogP contribution >= 0.6 is 0 Å². The standard InChI is InChI=1S/C17H18N4/c1-21-17(19-13-20-21)12-18-16-10-6-5-9-15(16)11-14-7-3-2-4-8-14/h2-10,13,18H,11-12H2,1H3. The Hall–Kier alpha value is -2.62. The van der Waals surface area contributed by atoms with Crippen molar-refractivity contribution in [2.24, 2.45) is 7.05 Å². The van der Waals surface area contributed by atoms with Crippen LogP contribution in [0.25, 0.3) is 0 Å². The maximum Gasteiger partial charge on any atom is 0.145 e. The van der Waals surface area contributed by atoms with Crippen molar-refractivity contribution in [3.63, 3.8) is 0 Å². The number of aryl methyl sites for hydroxylation is 1. The van der Waals surface area contributed by atoms with E-state index in [0.29, 0.717) is 6.54 Å². The van der Waals surface area contributed by atoms with Crippen molar-refractivity contribution in [2.75, 3.05) is 5.32 Å². The van der Waals surface area contributed by atoms with E-state index in [9.17, 15) is 0 Å². The molecule has 1 heterocycles. The molecule has 0 saturated carbocycles. The number of rotatable bonds is 5. The average Bonchev–Trinajstić information content (AvgIpc) is 2.93. The van der Waals surface area contributed by atoms with Gasteiger partial charge in [0.2, 0.25) is 0 Å². The lowest BCUT2D eigenvalue weighted by atomic mass is 10.0. The minimum absolute atomic E-state index is 0.669. The monoisotopic (exact) mass is 278 g/mol. The Balaban J connectivity index is 1.75. The summed E-state index contributed by atoms with van der Waals surface area (Å²) in [5.41, 5.74) is 3.74. The zero-order valence-corrected chi connectivity index (χ0v) is 12.0. The average molecular weight is 278 g/mol. The maximum atomic E-state index is 4.23. The van der Waals surface area contributed by atoms with Crippen LogP contribution in [0.15, 0.2) is 60.9 Å². The second-order valence-electron chi connectivity index (χ2n) is 4.97. The van der Waals surface area contributed by atoms with Gasteiger partial charge in [0.25, 0.3) is 0 Å². The van der Waals surface area contributed by atoms with Crippen LogP contribution in [0.4, 0.5) is 5.69 Å². The number of aromatic nitrogens is 3. The van der Waals surface area contributed by atoms with E-state index in [1.165, 1.54) is 11.1 Å². The van der Waals surface area contributed by atoms with E-state index in [1.807, 2.05) is 19.2 Å². The quantitative estimate of drug-likeness (QED) is 0.780. The summed E-state index contributed by atoms with van der Waals surface area (Å²) in [6.45, 7) is 0.669. The van der Waals surface area contributed by atoms with Crippen molar-refractivity contribution in [2.45, 2.75) is 13.0 Å². The second-order valence-corrected chi connectivity index (χ2v) is 4.97. The number of nitrogens with zero attached hydrogens (tertiary/aromatic N) is 3. The highest BCUT2D eigenvalue weighted by molar-refractivity contribution is 5.52. The molecule has 1 aromatic heterocycles. The summed E-state index contributed by atoms with van der Waals surface area (Å²) >= 11 is 0. The van der Waals surface area contributed by atoms with Crippen LogP contribution in [0.3, 0.4) is 0 Å². The molecule has 106 valence electrons. The lowest BCUT2D eigenvalue weighted by Crippen LogP contribution is -2.08. The van der Waals surface area contributed by atoms with Crippen LogP contribution in [-0.2, 0) is 20.0 Å². The number of anilines is 1. The first-order chi connectivity index (χ1) is 10.3. The lowest BCUT2D eigenvalue weighted by molar-refractivity contribution is 0.712. The molecule has 0 radical (unpaired) electrons. The maximum absolute atomic E-state index is 4.23. The molecule has 3 aromatic rings. The van der Waals surface area contributed by atoms with E-state index in [-0.39, 0.29) is 0 Å². The third-order valence-corrected chi connectivity index (χ3v) is 3.50. The highest BCUT2D eigenvalue weighted by Gasteiger charge is 2.05. The first kappa shape index (κ1) is 13.4. The van der Waals surface area contributed by atoms with Gasteiger partial charge in [0.1, 0.15) is 12.2 Å². The third kappa shape index (κ3) is 3.28. The summed E-state index contributed by atoms with van der Waals surface area (Å²) in [5, 5.41) is 7.54. The van der Waals surface area contributed by atoms with E-state index in [4.69, 9.17) is 0 Å². The van der Waals surface area contributed by atoms with Crippen LogP contribution in [0.5, 0.6) is 0 Å². The lowest BCUT2D eigenvalue weighted by Gasteiger charge is -2.12. The fourth-order valence-corrected chi connectivity index (χ4v) is 2.32. The van der Waals surface area contributed by atoms with Gasteiger partial charge in [-0.3, -0.25) is 4.68 Å². The predicted molar refractivity (Wildman–Crippen MR) is 84.0 cm³/mol. The molecule has 3 rings (SSSR count). The van der Waals surface area contributed by atoms with E-state index >= 15 is 0 Å². The normalized spacial score (nSPS) is 10.5. The molecule has 0 aliphatic heterocycles. The molecule has 0 saturated heterocycles. The Kier molecular flexibility index (Phi) is 3.96. The Morgan fingerprint density at radius 3 is 2.52 bits per heavy atom. The fourth-order valence-electron chi connectivity index (χ4n) is 2.32. The highest BCUT2D eigenvalue weighted by Crippen LogP contribution is 2.19.